The van der Waals surface area contributed by atoms with E-state index in [0.29, 0.717) is 18.0 Å². The van der Waals surface area contributed by atoms with Gasteiger partial charge in [-0.1, -0.05) is 0 Å². The van der Waals surface area contributed by atoms with Crippen LogP contribution in [-0.4, -0.2) is 15.9 Å². The van der Waals surface area contributed by atoms with Gasteiger partial charge >= 0.3 is 5.69 Å². The van der Waals surface area contributed by atoms with E-state index in [4.69, 9.17) is 5.26 Å². The van der Waals surface area contributed by atoms with Gasteiger partial charge in [0.05, 0.1) is 21.2 Å². The number of anilines is 1. The van der Waals surface area contributed by atoms with Gasteiger partial charge in [0.15, 0.2) is 0 Å². The molecule has 1 fully saturated rings. The van der Waals surface area contributed by atoms with Crippen LogP contribution in [-0.2, 0) is 0 Å². The van der Waals surface area contributed by atoms with Crippen LogP contribution < -0.4 is 5.32 Å². The fraction of sp³-hybridized carbons (Fsp3) is 0.467. The van der Waals surface area contributed by atoms with E-state index in [0.717, 1.165) is 35.9 Å². The van der Waals surface area contributed by atoms with Crippen LogP contribution in [0.3, 0.4) is 0 Å². The van der Waals surface area contributed by atoms with Gasteiger partial charge in [-0.15, -0.1) is 11.3 Å². The molecule has 2 aromatic rings. The number of pyridine rings is 1. The monoisotopic (exact) mass is 316 g/mol. The number of nitrogens with zero attached hydrogens (tertiary/aromatic N) is 3. The summed E-state index contributed by atoms with van der Waals surface area (Å²) < 4.78 is 0.841. The summed E-state index contributed by atoms with van der Waals surface area (Å²) >= 11 is 1.47. The van der Waals surface area contributed by atoms with Crippen LogP contribution in [0.1, 0.15) is 32.1 Å². The van der Waals surface area contributed by atoms with Gasteiger partial charge in [-0.3, -0.25) is 10.1 Å². The van der Waals surface area contributed by atoms with Crippen LogP contribution in [0, 0.1) is 27.4 Å². The van der Waals surface area contributed by atoms with Crippen LogP contribution in [0.5, 0.6) is 0 Å². The second-order valence-corrected chi connectivity index (χ2v) is 6.55. The maximum absolute atomic E-state index is 11.3. The molecule has 1 aliphatic rings. The quantitative estimate of drug-likeness (QED) is 0.677. The Balaban J connectivity index is 1.82. The van der Waals surface area contributed by atoms with Crippen LogP contribution >= 0.6 is 11.3 Å². The second kappa shape index (κ2) is 6.28. The average Bonchev–Trinajstić information content (AvgIpc) is 2.98. The van der Waals surface area contributed by atoms with E-state index in [1.54, 1.807) is 0 Å². The molecule has 0 aromatic carbocycles. The summed E-state index contributed by atoms with van der Waals surface area (Å²) in [6, 6.07) is 4.33. The van der Waals surface area contributed by atoms with Gasteiger partial charge in [0.1, 0.15) is 11.9 Å². The molecule has 0 unspecified atom stereocenters. The number of rotatable bonds is 4. The molecule has 0 aliphatic heterocycles. The third-order valence-corrected chi connectivity index (χ3v) is 5.15. The molecule has 0 spiro atoms. The molecule has 7 heteroatoms. The molecule has 1 N–H and O–H groups in total. The van der Waals surface area contributed by atoms with Gasteiger partial charge in [0.25, 0.3) is 0 Å². The van der Waals surface area contributed by atoms with Crippen LogP contribution in [0.25, 0.3) is 10.2 Å². The van der Waals surface area contributed by atoms with Crippen molar-refractivity contribution in [2.45, 2.75) is 38.1 Å². The van der Waals surface area contributed by atoms with E-state index in [-0.39, 0.29) is 16.7 Å². The maximum atomic E-state index is 11.3. The van der Waals surface area contributed by atoms with E-state index < -0.39 is 0 Å². The SMILES string of the molecule is N#CCC1CCC(Nc2c([N+](=O)[O-])cnc3ccsc23)CC1. The summed E-state index contributed by atoms with van der Waals surface area (Å²) in [7, 11) is 0. The molecule has 1 aliphatic carbocycles. The minimum atomic E-state index is -0.379. The van der Waals surface area contributed by atoms with E-state index in [9.17, 15) is 10.1 Å². The Morgan fingerprint density at radius 1 is 1.45 bits per heavy atom. The molecule has 0 bridgehead atoms. The van der Waals surface area contributed by atoms with Crippen molar-refractivity contribution in [2.75, 3.05) is 5.32 Å². The summed E-state index contributed by atoms with van der Waals surface area (Å²) in [6.45, 7) is 0. The average molecular weight is 316 g/mol. The van der Waals surface area contributed by atoms with Gasteiger partial charge in [-0.25, -0.2) is 4.98 Å². The molecule has 0 radical (unpaired) electrons. The third kappa shape index (κ3) is 2.88. The van der Waals surface area contributed by atoms with Crippen molar-refractivity contribution in [3.63, 3.8) is 0 Å². The first kappa shape index (κ1) is 14.7. The predicted octanol–water partition coefficient (Wildman–Crippen LogP) is 4.09. The Morgan fingerprint density at radius 2 is 2.23 bits per heavy atom. The van der Waals surface area contributed by atoms with E-state index in [2.05, 4.69) is 16.4 Å². The van der Waals surface area contributed by atoms with Crippen LogP contribution in [0.4, 0.5) is 11.4 Å². The lowest BCUT2D eigenvalue weighted by Crippen LogP contribution is -2.26. The number of fused-ring (bicyclic) bond motifs is 1. The molecule has 0 atom stereocenters. The number of thiophene rings is 1. The lowest BCUT2D eigenvalue weighted by atomic mass is 9.84. The number of nitriles is 1. The summed E-state index contributed by atoms with van der Waals surface area (Å²) in [5.74, 6) is 0.470. The highest BCUT2D eigenvalue weighted by molar-refractivity contribution is 7.17. The number of aromatic nitrogens is 1. The summed E-state index contributed by atoms with van der Waals surface area (Å²) in [4.78, 5) is 15.0. The molecular weight excluding hydrogens is 300 g/mol. The Labute approximate surface area is 131 Å². The molecule has 1 saturated carbocycles. The lowest BCUT2D eigenvalue weighted by Gasteiger charge is -2.28. The van der Waals surface area contributed by atoms with Crippen molar-refractivity contribution in [3.8, 4) is 6.07 Å². The number of hydrogen-bond donors (Lipinski definition) is 1. The van der Waals surface area contributed by atoms with Gasteiger partial charge in [-0.2, -0.15) is 5.26 Å². The molecule has 0 amide bonds. The minimum Gasteiger partial charge on any atom is -0.375 e. The van der Waals surface area contributed by atoms with Crippen molar-refractivity contribution in [1.29, 1.82) is 5.26 Å². The fourth-order valence-corrected chi connectivity index (χ4v) is 3.88. The smallest absolute Gasteiger partial charge is 0.311 e. The molecule has 2 heterocycles. The Hall–Kier alpha value is -2.20. The van der Waals surface area contributed by atoms with Gasteiger partial charge in [0, 0.05) is 12.5 Å². The van der Waals surface area contributed by atoms with Crippen molar-refractivity contribution in [2.24, 2.45) is 5.92 Å². The van der Waals surface area contributed by atoms with Crippen LogP contribution in [0.15, 0.2) is 17.6 Å². The Bertz CT molecular complexity index is 729. The summed E-state index contributed by atoms with van der Waals surface area (Å²) in [5.41, 5.74) is 1.42. The fourth-order valence-electron chi connectivity index (χ4n) is 3.02. The van der Waals surface area contributed by atoms with E-state index in [1.165, 1.54) is 17.5 Å². The first-order valence-electron chi connectivity index (χ1n) is 7.33. The summed E-state index contributed by atoms with van der Waals surface area (Å²) in [6.07, 6.45) is 5.82. The van der Waals surface area contributed by atoms with Crippen molar-refractivity contribution in [1.82, 2.24) is 4.98 Å². The molecule has 22 heavy (non-hydrogen) atoms. The molecule has 6 nitrogen and oxygen atoms in total. The predicted molar refractivity (Wildman–Crippen MR) is 85.9 cm³/mol. The highest BCUT2D eigenvalue weighted by atomic mass is 32.1. The highest BCUT2D eigenvalue weighted by Gasteiger charge is 2.25. The number of nitro groups is 1. The van der Waals surface area contributed by atoms with Gasteiger partial charge in [-0.05, 0) is 43.0 Å². The lowest BCUT2D eigenvalue weighted by molar-refractivity contribution is -0.384. The van der Waals surface area contributed by atoms with Gasteiger partial charge in [0.2, 0.25) is 0 Å². The van der Waals surface area contributed by atoms with E-state index in [1.807, 2.05) is 11.4 Å². The first-order chi connectivity index (χ1) is 10.7. The van der Waals surface area contributed by atoms with Crippen molar-refractivity contribution in [3.05, 3.63) is 27.8 Å². The normalized spacial score (nSPS) is 21.4. The maximum Gasteiger partial charge on any atom is 0.311 e. The van der Waals surface area contributed by atoms with Gasteiger partial charge < -0.3 is 5.32 Å². The molecule has 114 valence electrons. The highest BCUT2D eigenvalue weighted by Crippen LogP contribution is 2.37. The zero-order chi connectivity index (χ0) is 15.5. The Morgan fingerprint density at radius 3 is 2.91 bits per heavy atom. The zero-order valence-electron chi connectivity index (χ0n) is 12.0. The zero-order valence-corrected chi connectivity index (χ0v) is 12.8. The summed E-state index contributed by atoms with van der Waals surface area (Å²) in [5, 5.41) is 25.3. The topological polar surface area (TPSA) is 91.8 Å². The molecule has 2 aromatic heterocycles. The first-order valence-corrected chi connectivity index (χ1v) is 8.21. The molecular formula is C15H16N4O2S. The Kier molecular flexibility index (Phi) is 4.20. The van der Waals surface area contributed by atoms with E-state index >= 15 is 0 Å². The standard InChI is InChI=1S/C15H16N4O2S/c16-7-5-10-1-3-11(4-2-10)18-14-13(19(20)21)9-17-12-6-8-22-15(12)14/h6,8-11H,1-5H2,(H,17,18). The largest absolute Gasteiger partial charge is 0.375 e. The minimum absolute atomic E-state index is 0.0362. The van der Waals surface area contributed by atoms with Crippen LogP contribution in [0.2, 0.25) is 0 Å². The third-order valence-electron chi connectivity index (χ3n) is 4.23. The van der Waals surface area contributed by atoms with Crippen molar-refractivity contribution < 1.29 is 4.92 Å². The van der Waals surface area contributed by atoms with Crippen molar-refractivity contribution >= 4 is 32.9 Å². The molecule has 3 rings (SSSR count). The number of hydrogen-bond acceptors (Lipinski definition) is 6. The number of nitrogens with one attached hydrogen (secondary N) is 1. The molecule has 0 saturated heterocycles. The second-order valence-electron chi connectivity index (χ2n) is 5.63.